The van der Waals surface area contributed by atoms with Crippen molar-refractivity contribution in [3.8, 4) is 0 Å². The van der Waals surface area contributed by atoms with Crippen LogP contribution in [0.2, 0.25) is 5.02 Å². The molecule has 0 aliphatic heterocycles. The van der Waals surface area contributed by atoms with Crippen LogP contribution >= 0.6 is 11.6 Å². The zero-order valence-electron chi connectivity index (χ0n) is 12.5. The Morgan fingerprint density at radius 1 is 1.14 bits per heavy atom. The zero-order chi connectivity index (χ0) is 16.3. The predicted molar refractivity (Wildman–Crippen MR) is 85.1 cm³/mol. The lowest BCUT2D eigenvalue weighted by atomic mass is 10.1. The molecule has 2 aromatic rings. The van der Waals surface area contributed by atoms with E-state index in [1.807, 2.05) is 18.7 Å². The summed E-state index contributed by atoms with van der Waals surface area (Å²) in [5, 5.41) is 9.60. The molecule has 0 atom stereocenters. The Kier molecular flexibility index (Phi) is 5.37. The van der Waals surface area contributed by atoms with Gasteiger partial charge in [-0.3, -0.25) is 0 Å². The van der Waals surface area contributed by atoms with Gasteiger partial charge in [0.1, 0.15) is 11.6 Å². The normalized spacial score (nSPS) is 11.0. The molecule has 0 saturated heterocycles. The standard InChI is InChI=1S/C17H18ClF2NO/c1-11(2)21(9-14-16(19)4-3-5-17(14)20)13-7-6-12(10-22)15(18)8-13/h3-8,11,22H,9-10H2,1-2H3. The second-order valence-electron chi connectivity index (χ2n) is 5.36. The molecule has 0 aliphatic rings. The minimum atomic E-state index is -0.566. The first-order valence-electron chi connectivity index (χ1n) is 7.03. The number of nitrogens with zero attached hydrogens (tertiary/aromatic N) is 1. The maximum atomic E-state index is 13.9. The van der Waals surface area contributed by atoms with Crippen LogP contribution in [0.1, 0.15) is 25.0 Å². The Morgan fingerprint density at radius 3 is 2.27 bits per heavy atom. The summed E-state index contributed by atoms with van der Waals surface area (Å²) in [7, 11) is 0. The van der Waals surface area contributed by atoms with Gasteiger partial charge in [0.2, 0.25) is 0 Å². The third-order valence-electron chi connectivity index (χ3n) is 3.55. The van der Waals surface area contributed by atoms with Crippen LogP contribution in [-0.2, 0) is 13.2 Å². The fourth-order valence-corrected chi connectivity index (χ4v) is 2.50. The summed E-state index contributed by atoms with van der Waals surface area (Å²) < 4.78 is 27.7. The minimum Gasteiger partial charge on any atom is -0.392 e. The van der Waals surface area contributed by atoms with E-state index in [1.165, 1.54) is 18.2 Å². The SMILES string of the molecule is CC(C)N(Cc1c(F)cccc1F)c1ccc(CO)c(Cl)c1. The quantitative estimate of drug-likeness (QED) is 0.873. The molecule has 0 spiro atoms. The molecule has 118 valence electrons. The highest BCUT2D eigenvalue weighted by molar-refractivity contribution is 6.31. The molecule has 22 heavy (non-hydrogen) atoms. The van der Waals surface area contributed by atoms with Crippen molar-refractivity contribution in [3.05, 3.63) is 64.2 Å². The van der Waals surface area contributed by atoms with Gasteiger partial charge in [0, 0.05) is 28.9 Å². The van der Waals surface area contributed by atoms with Crippen molar-refractivity contribution in [2.45, 2.75) is 33.0 Å². The number of anilines is 1. The average molecular weight is 326 g/mol. The Bertz CT molecular complexity index is 641. The molecule has 2 aromatic carbocycles. The first-order valence-corrected chi connectivity index (χ1v) is 7.40. The van der Waals surface area contributed by atoms with E-state index in [2.05, 4.69) is 0 Å². The summed E-state index contributed by atoms with van der Waals surface area (Å²) in [6, 6.07) is 9.07. The predicted octanol–water partition coefficient (Wildman–Crippen LogP) is 4.53. The first kappa shape index (κ1) is 16.7. The summed E-state index contributed by atoms with van der Waals surface area (Å²) in [6.45, 7) is 3.83. The number of halogens is 3. The van der Waals surface area contributed by atoms with Crippen molar-refractivity contribution >= 4 is 17.3 Å². The summed E-state index contributed by atoms with van der Waals surface area (Å²) in [5.74, 6) is -1.13. The molecule has 0 unspecified atom stereocenters. The van der Waals surface area contributed by atoms with Crippen LogP contribution in [0.3, 0.4) is 0 Å². The van der Waals surface area contributed by atoms with Crippen molar-refractivity contribution < 1.29 is 13.9 Å². The molecular weight excluding hydrogens is 308 g/mol. The zero-order valence-corrected chi connectivity index (χ0v) is 13.2. The Morgan fingerprint density at radius 2 is 1.77 bits per heavy atom. The fraction of sp³-hybridized carbons (Fsp3) is 0.294. The largest absolute Gasteiger partial charge is 0.392 e. The van der Waals surface area contributed by atoms with Crippen molar-refractivity contribution in [3.63, 3.8) is 0 Å². The fourth-order valence-electron chi connectivity index (χ4n) is 2.27. The number of aliphatic hydroxyl groups is 1. The molecule has 0 heterocycles. The third-order valence-corrected chi connectivity index (χ3v) is 3.90. The summed E-state index contributed by atoms with van der Waals surface area (Å²) in [5.41, 5.74) is 1.39. The van der Waals surface area contributed by atoms with E-state index >= 15 is 0 Å². The van der Waals surface area contributed by atoms with Crippen LogP contribution < -0.4 is 4.90 Å². The van der Waals surface area contributed by atoms with E-state index in [9.17, 15) is 8.78 Å². The molecule has 0 amide bonds. The molecule has 0 aromatic heterocycles. The summed E-state index contributed by atoms with van der Waals surface area (Å²) in [6.07, 6.45) is 0. The monoisotopic (exact) mass is 325 g/mol. The first-order chi connectivity index (χ1) is 10.4. The number of hydrogen-bond acceptors (Lipinski definition) is 2. The van der Waals surface area contributed by atoms with E-state index in [1.54, 1.807) is 18.2 Å². The maximum absolute atomic E-state index is 13.9. The molecule has 2 rings (SSSR count). The Hall–Kier alpha value is -1.65. The van der Waals surface area contributed by atoms with Crippen molar-refractivity contribution in [2.75, 3.05) is 4.90 Å². The highest BCUT2D eigenvalue weighted by atomic mass is 35.5. The lowest BCUT2D eigenvalue weighted by molar-refractivity contribution is 0.282. The second-order valence-corrected chi connectivity index (χ2v) is 5.76. The van der Waals surface area contributed by atoms with Gasteiger partial charge in [0.25, 0.3) is 0 Å². The van der Waals surface area contributed by atoms with Crippen LogP contribution in [0.25, 0.3) is 0 Å². The number of rotatable bonds is 5. The van der Waals surface area contributed by atoms with Crippen LogP contribution in [-0.4, -0.2) is 11.1 Å². The van der Waals surface area contributed by atoms with Crippen molar-refractivity contribution in [1.29, 1.82) is 0 Å². The number of aliphatic hydroxyl groups excluding tert-OH is 1. The van der Waals surface area contributed by atoms with E-state index < -0.39 is 11.6 Å². The van der Waals surface area contributed by atoms with Gasteiger partial charge in [0.15, 0.2) is 0 Å². The highest BCUT2D eigenvalue weighted by Crippen LogP contribution is 2.27. The molecule has 2 nitrogen and oxygen atoms in total. The van der Waals surface area contributed by atoms with E-state index in [0.717, 1.165) is 5.69 Å². The molecule has 0 aliphatic carbocycles. The lowest BCUT2D eigenvalue weighted by Crippen LogP contribution is -2.31. The summed E-state index contributed by atoms with van der Waals surface area (Å²) >= 11 is 6.11. The van der Waals surface area contributed by atoms with Crippen molar-refractivity contribution in [2.24, 2.45) is 0 Å². The maximum Gasteiger partial charge on any atom is 0.131 e. The Balaban J connectivity index is 2.37. The van der Waals surface area contributed by atoms with Gasteiger partial charge in [-0.2, -0.15) is 0 Å². The smallest absolute Gasteiger partial charge is 0.131 e. The van der Waals surface area contributed by atoms with Gasteiger partial charge < -0.3 is 10.0 Å². The second kappa shape index (κ2) is 7.07. The summed E-state index contributed by atoms with van der Waals surface area (Å²) in [4.78, 5) is 1.86. The molecular formula is C17H18ClF2NO. The Labute approximate surface area is 134 Å². The molecule has 5 heteroatoms. The minimum absolute atomic E-state index is 0.0232. The van der Waals surface area contributed by atoms with E-state index in [0.29, 0.717) is 10.6 Å². The molecule has 0 saturated carbocycles. The van der Waals surface area contributed by atoms with Gasteiger partial charge in [-0.15, -0.1) is 0 Å². The van der Waals surface area contributed by atoms with Gasteiger partial charge >= 0.3 is 0 Å². The van der Waals surface area contributed by atoms with Gasteiger partial charge in [-0.25, -0.2) is 8.78 Å². The average Bonchev–Trinajstić information content (AvgIpc) is 2.46. The molecule has 0 fully saturated rings. The van der Waals surface area contributed by atoms with Gasteiger partial charge in [-0.05, 0) is 43.7 Å². The van der Waals surface area contributed by atoms with Crippen LogP contribution in [0, 0.1) is 11.6 Å². The van der Waals surface area contributed by atoms with Crippen LogP contribution in [0.5, 0.6) is 0 Å². The van der Waals surface area contributed by atoms with E-state index in [4.69, 9.17) is 16.7 Å². The van der Waals surface area contributed by atoms with Crippen molar-refractivity contribution in [1.82, 2.24) is 0 Å². The lowest BCUT2D eigenvalue weighted by Gasteiger charge is -2.30. The van der Waals surface area contributed by atoms with Gasteiger partial charge in [0.05, 0.1) is 6.61 Å². The van der Waals surface area contributed by atoms with Crippen LogP contribution in [0.4, 0.5) is 14.5 Å². The third kappa shape index (κ3) is 3.57. The van der Waals surface area contributed by atoms with Crippen LogP contribution in [0.15, 0.2) is 36.4 Å². The molecule has 0 radical (unpaired) electrons. The van der Waals surface area contributed by atoms with E-state index in [-0.39, 0.29) is 24.8 Å². The molecule has 1 N–H and O–H groups in total. The van der Waals surface area contributed by atoms with Gasteiger partial charge in [-0.1, -0.05) is 23.7 Å². The molecule has 0 bridgehead atoms. The number of hydrogen-bond donors (Lipinski definition) is 1. The number of benzene rings is 2. The highest BCUT2D eigenvalue weighted by Gasteiger charge is 2.17. The topological polar surface area (TPSA) is 23.5 Å².